The van der Waals surface area contributed by atoms with Crippen LogP contribution in [0.1, 0.15) is 54.8 Å². The van der Waals surface area contributed by atoms with E-state index in [2.05, 4.69) is 5.32 Å². The molecule has 3 rings (SSSR count). The molecule has 2 atom stereocenters. The van der Waals surface area contributed by atoms with E-state index in [9.17, 15) is 19.2 Å². The van der Waals surface area contributed by atoms with E-state index in [1.165, 1.54) is 0 Å². The third kappa shape index (κ3) is 1.82. The highest BCUT2D eigenvalue weighted by Crippen LogP contribution is 2.50. The lowest BCUT2D eigenvalue weighted by Crippen LogP contribution is -2.69. The Morgan fingerprint density at radius 1 is 1.00 bits per heavy atom. The van der Waals surface area contributed by atoms with E-state index >= 15 is 0 Å². The highest BCUT2D eigenvalue weighted by molar-refractivity contribution is 6.23. The van der Waals surface area contributed by atoms with Gasteiger partial charge in [-0.25, -0.2) is 0 Å². The summed E-state index contributed by atoms with van der Waals surface area (Å²) in [5.74, 6) is -1.95. The molecule has 1 N–H and O–H groups in total. The van der Waals surface area contributed by atoms with Gasteiger partial charge in [0.1, 0.15) is 6.04 Å². The van der Waals surface area contributed by atoms with Crippen LogP contribution in [-0.2, 0) is 9.59 Å². The maximum atomic E-state index is 12.8. The number of carbonyl (C=O) groups is 4. The maximum Gasteiger partial charge on any atom is 0.262 e. The molecule has 0 saturated carbocycles. The van der Waals surface area contributed by atoms with Crippen LogP contribution in [0.15, 0.2) is 24.3 Å². The van der Waals surface area contributed by atoms with Crippen LogP contribution in [0, 0.1) is 10.8 Å². The summed E-state index contributed by atoms with van der Waals surface area (Å²) in [6.07, 6.45) is 0.469. The Morgan fingerprint density at radius 2 is 1.50 bits per heavy atom. The molecule has 1 fully saturated rings. The number of hydrogen-bond donors (Lipinski definition) is 1. The molecule has 126 valence electrons. The highest BCUT2D eigenvalue weighted by Gasteiger charge is 2.61. The first kappa shape index (κ1) is 16.4. The van der Waals surface area contributed by atoms with Gasteiger partial charge in [0, 0.05) is 5.41 Å². The first-order valence-electron chi connectivity index (χ1n) is 7.99. The molecular weight excluding hydrogens is 308 g/mol. The molecule has 6 nitrogen and oxygen atoms in total. The van der Waals surface area contributed by atoms with E-state index in [-0.39, 0.29) is 5.91 Å². The van der Waals surface area contributed by atoms with Crippen molar-refractivity contribution in [3.63, 3.8) is 0 Å². The summed E-state index contributed by atoms with van der Waals surface area (Å²) in [6, 6.07) is 5.50. The largest absolute Gasteiger partial charge is 0.294 e. The van der Waals surface area contributed by atoms with Gasteiger partial charge in [-0.3, -0.25) is 29.4 Å². The van der Waals surface area contributed by atoms with Gasteiger partial charge in [-0.15, -0.1) is 0 Å². The molecule has 0 aliphatic carbocycles. The van der Waals surface area contributed by atoms with Crippen molar-refractivity contribution in [1.29, 1.82) is 0 Å². The second-order valence-electron chi connectivity index (χ2n) is 7.14. The average Bonchev–Trinajstić information content (AvgIpc) is 2.79. The maximum absolute atomic E-state index is 12.8. The van der Waals surface area contributed by atoms with Crippen LogP contribution >= 0.6 is 0 Å². The highest BCUT2D eigenvalue weighted by atomic mass is 16.2. The smallest absolute Gasteiger partial charge is 0.262 e. The number of imide groups is 2. The van der Waals surface area contributed by atoms with Crippen molar-refractivity contribution >= 4 is 23.6 Å². The van der Waals surface area contributed by atoms with Gasteiger partial charge in [-0.2, -0.15) is 0 Å². The Balaban J connectivity index is 2.15. The summed E-state index contributed by atoms with van der Waals surface area (Å²) in [7, 11) is 0. The minimum absolute atomic E-state index is 0.295. The molecule has 0 bridgehead atoms. The summed E-state index contributed by atoms with van der Waals surface area (Å²) < 4.78 is 0. The summed E-state index contributed by atoms with van der Waals surface area (Å²) in [5, 5.41) is 2.33. The number of carbonyl (C=O) groups excluding carboxylic acids is 4. The normalized spacial score (nSPS) is 28.8. The van der Waals surface area contributed by atoms with Crippen molar-refractivity contribution in [3.05, 3.63) is 35.4 Å². The Morgan fingerprint density at radius 3 is 1.96 bits per heavy atom. The van der Waals surface area contributed by atoms with Gasteiger partial charge in [0.05, 0.1) is 16.5 Å². The lowest BCUT2D eigenvalue weighted by Gasteiger charge is -2.52. The van der Waals surface area contributed by atoms with Gasteiger partial charge < -0.3 is 0 Å². The van der Waals surface area contributed by atoms with Crippen molar-refractivity contribution in [1.82, 2.24) is 10.2 Å². The van der Waals surface area contributed by atoms with Gasteiger partial charge in [0.25, 0.3) is 11.8 Å². The zero-order chi connectivity index (χ0) is 17.9. The Kier molecular flexibility index (Phi) is 3.41. The van der Waals surface area contributed by atoms with Gasteiger partial charge in [-0.05, 0) is 18.6 Å². The van der Waals surface area contributed by atoms with Gasteiger partial charge in [0.15, 0.2) is 0 Å². The molecule has 1 saturated heterocycles. The Bertz CT molecular complexity index is 748. The second-order valence-corrected chi connectivity index (χ2v) is 7.14. The number of benzene rings is 1. The average molecular weight is 328 g/mol. The van der Waals surface area contributed by atoms with E-state index in [4.69, 9.17) is 0 Å². The summed E-state index contributed by atoms with van der Waals surface area (Å²) in [4.78, 5) is 51.5. The van der Waals surface area contributed by atoms with Crippen molar-refractivity contribution in [2.24, 2.45) is 10.8 Å². The fourth-order valence-electron chi connectivity index (χ4n) is 3.71. The van der Waals surface area contributed by atoms with E-state index in [1.54, 1.807) is 45.0 Å². The van der Waals surface area contributed by atoms with Crippen LogP contribution in [-0.4, -0.2) is 34.6 Å². The third-order valence-corrected chi connectivity index (χ3v) is 5.90. The van der Waals surface area contributed by atoms with Crippen LogP contribution in [0.25, 0.3) is 0 Å². The molecule has 1 aromatic rings. The van der Waals surface area contributed by atoms with Gasteiger partial charge in [-0.1, -0.05) is 39.8 Å². The van der Waals surface area contributed by atoms with Crippen molar-refractivity contribution in [3.8, 4) is 0 Å². The number of amides is 4. The number of hydrogen-bond acceptors (Lipinski definition) is 4. The van der Waals surface area contributed by atoms with Crippen molar-refractivity contribution in [2.45, 2.75) is 40.2 Å². The molecule has 0 spiro atoms. The van der Waals surface area contributed by atoms with Crippen molar-refractivity contribution in [2.75, 3.05) is 0 Å². The molecule has 0 aromatic heterocycles. The van der Waals surface area contributed by atoms with Crippen LogP contribution < -0.4 is 5.32 Å². The molecule has 2 unspecified atom stereocenters. The molecule has 2 heterocycles. The SMILES string of the molecule is CCC1(C)C(N2C(=O)c3ccccc3C2=O)C(=O)NC(=O)C1(C)C. The predicted octanol–water partition coefficient (Wildman–Crippen LogP) is 1.75. The van der Waals surface area contributed by atoms with Gasteiger partial charge in [0.2, 0.25) is 11.8 Å². The minimum Gasteiger partial charge on any atom is -0.294 e. The predicted molar refractivity (Wildman–Crippen MR) is 86.1 cm³/mol. The quantitative estimate of drug-likeness (QED) is 0.838. The first-order chi connectivity index (χ1) is 11.2. The zero-order valence-corrected chi connectivity index (χ0v) is 14.2. The lowest BCUT2D eigenvalue weighted by atomic mass is 9.58. The summed E-state index contributed by atoms with van der Waals surface area (Å²) in [6.45, 7) is 7.13. The summed E-state index contributed by atoms with van der Waals surface area (Å²) in [5.41, 5.74) is -1.18. The second kappa shape index (κ2) is 5.00. The number of piperidine rings is 1. The van der Waals surface area contributed by atoms with Crippen LogP contribution in [0.4, 0.5) is 0 Å². The standard InChI is InChI=1S/C18H20N2O4/c1-5-18(4)12(13(21)19-16(24)17(18,2)3)20-14(22)10-8-6-7-9-11(10)15(20)23/h6-9,12H,5H2,1-4H3,(H,19,21,24). The molecule has 24 heavy (non-hydrogen) atoms. The molecule has 2 aliphatic rings. The molecular formula is C18H20N2O4. The van der Waals surface area contributed by atoms with E-state index in [0.717, 1.165) is 4.90 Å². The minimum atomic E-state index is -1.03. The monoisotopic (exact) mass is 328 g/mol. The fourth-order valence-corrected chi connectivity index (χ4v) is 3.71. The summed E-state index contributed by atoms with van der Waals surface area (Å²) >= 11 is 0. The topological polar surface area (TPSA) is 83.6 Å². The van der Waals surface area contributed by atoms with Crippen LogP contribution in [0.3, 0.4) is 0 Å². The number of nitrogens with zero attached hydrogens (tertiary/aromatic N) is 1. The van der Waals surface area contributed by atoms with E-state index in [0.29, 0.717) is 17.5 Å². The number of rotatable bonds is 2. The lowest BCUT2D eigenvalue weighted by molar-refractivity contribution is -0.157. The molecule has 6 heteroatoms. The fraction of sp³-hybridized carbons (Fsp3) is 0.444. The third-order valence-electron chi connectivity index (χ3n) is 5.90. The van der Waals surface area contributed by atoms with Crippen LogP contribution in [0.2, 0.25) is 0 Å². The van der Waals surface area contributed by atoms with E-state index < -0.39 is 34.6 Å². The molecule has 1 aromatic carbocycles. The molecule has 0 radical (unpaired) electrons. The molecule has 2 aliphatic heterocycles. The number of nitrogens with one attached hydrogen (secondary N) is 1. The number of fused-ring (bicyclic) bond motifs is 1. The Labute approximate surface area is 140 Å². The first-order valence-corrected chi connectivity index (χ1v) is 7.99. The zero-order valence-electron chi connectivity index (χ0n) is 14.2. The van der Waals surface area contributed by atoms with Crippen LogP contribution in [0.5, 0.6) is 0 Å². The molecule has 4 amide bonds. The Hall–Kier alpha value is -2.50. The van der Waals surface area contributed by atoms with E-state index in [1.807, 2.05) is 6.92 Å². The van der Waals surface area contributed by atoms with Crippen molar-refractivity contribution < 1.29 is 19.2 Å². The van der Waals surface area contributed by atoms with Gasteiger partial charge >= 0.3 is 0 Å².